The van der Waals surface area contributed by atoms with Crippen LogP contribution in [0.1, 0.15) is 5.82 Å². The zero-order chi connectivity index (χ0) is 8.55. The lowest BCUT2D eigenvalue weighted by Crippen LogP contribution is -1.78. The van der Waals surface area contributed by atoms with Crippen LogP contribution in [0.3, 0.4) is 0 Å². The van der Waals surface area contributed by atoms with Crippen LogP contribution >= 0.6 is 35.6 Å². The summed E-state index contributed by atoms with van der Waals surface area (Å²) in [6.45, 7) is 0. The molecule has 0 saturated heterocycles. The summed E-state index contributed by atoms with van der Waals surface area (Å²) >= 11 is 11.3. The maximum Gasteiger partial charge on any atom is 0.179 e. The number of hydrogen-bond acceptors (Lipinski definition) is 2. The van der Waals surface area contributed by atoms with E-state index in [0.717, 1.165) is 5.52 Å². The molecule has 70 valence electrons. The highest BCUT2D eigenvalue weighted by molar-refractivity contribution is 6.29. The van der Waals surface area contributed by atoms with Crippen molar-refractivity contribution >= 4 is 46.8 Å². The fraction of sp³-hybridized carbons (Fsp3) is 0.143. The Kier molecular flexibility index (Phi) is 3.36. The Morgan fingerprint density at radius 3 is 2.77 bits per heavy atom. The van der Waals surface area contributed by atoms with Gasteiger partial charge in [-0.1, -0.05) is 11.6 Å². The van der Waals surface area contributed by atoms with Crippen molar-refractivity contribution in [3.63, 3.8) is 0 Å². The Morgan fingerprint density at radius 1 is 1.31 bits per heavy atom. The third kappa shape index (κ3) is 2.05. The summed E-state index contributed by atoms with van der Waals surface area (Å²) in [6, 6.07) is 3.54. The minimum absolute atomic E-state index is 0. The molecule has 2 rings (SSSR count). The van der Waals surface area contributed by atoms with Crippen molar-refractivity contribution in [1.82, 2.24) is 15.0 Å². The van der Waals surface area contributed by atoms with Crippen molar-refractivity contribution in [3.05, 3.63) is 23.1 Å². The highest BCUT2D eigenvalue weighted by Gasteiger charge is 2.02. The fourth-order valence-corrected chi connectivity index (χ4v) is 1.25. The van der Waals surface area contributed by atoms with E-state index < -0.39 is 0 Å². The lowest BCUT2D eigenvalue weighted by atomic mass is 10.4. The van der Waals surface area contributed by atoms with Crippen molar-refractivity contribution in [2.45, 2.75) is 5.88 Å². The first-order valence-corrected chi connectivity index (χ1v) is 4.28. The fourth-order valence-electron chi connectivity index (χ4n) is 0.983. The summed E-state index contributed by atoms with van der Waals surface area (Å²) in [6.07, 6.45) is 0. The number of nitrogens with zero attached hydrogens (tertiary/aromatic N) is 2. The van der Waals surface area contributed by atoms with Crippen molar-refractivity contribution < 1.29 is 0 Å². The van der Waals surface area contributed by atoms with Crippen molar-refractivity contribution in [2.75, 3.05) is 0 Å². The van der Waals surface area contributed by atoms with E-state index in [0.29, 0.717) is 22.5 Å². The van der Waals surface area contributed by atoms with Crippen LogP contribution < -0.4 is 0 Å². The lowest BCUT2D eigenvalue weighted by Gasteiger charge is -1.86. The van der Waals surface area contributed by atoms with Crippen LogP contribution in [-0.4, -0.2) is 15.0 Å². The van der Waals surface area contributed by atoms with Crippen LogP contribution in [0, 0.1) is 0 Å². The molecular formula is C7H6Cl3N3. The number of alkyl halides is 1. The molecule has 0 fully saturated rings. The summed E-state index contributed by atoms with van der Waals surface area (Å²) in [5.41, 5.74) is 1.47. The molecule has 0 radical (unpaired) electrons. The van der Waals surface area contributed by atoms with Gasteiger partial charge in [0.15, 0.2) is 5.65 Å². The molecule has 1 N–H and O–H groups in total. The minimum atomic E-state index is 0. The van der Waals surface area contributed by atoms with Gasteiger partial charge in [0.1, 0.15) is 11.0 Å². The van der Waals surface area contributed by atoms with E-state index >= 15 is 0 Å². The molecular weight excluding hydrogens is 232 g/mol. The molecule has 0 aliphatic carbocycles. The molecule has 0 aliphatic heterocycles. The summed E-state index contributed by atoms with van der Waals surface area (Å²) in [5.74, 6) is 1.06. The smallest absolute Gasteiger partial charge is 0.179 e. The molecule has 0 saturated carbocycles. The summed E-state index contributed by atoms with van der Waals surface area (Å²) in [5, 5.41) is 0.440. The van der Waals surface area contributed by atoms with Crippen LogP contribution in [0.2, 0.25) is 5.15 Å². The SMILES string of the molecule is Cl.ClCc1nc2nc(Cl)ccc2[nH]1. The largest absolute Gasteiger partial charge is 0.340 e. The number of halogens is 3. The topological polar surface area (TPSA) is 41.6 Å². The van der Waals surface area contributed by atoms with Gasteiger partial charge in [-0.2, -0.15) is 0 Å². The zero-order valence-corrected chi connectivity index (χ0v) is 8.75. The van der Waals surface area contributed by atoms with Gasteiger partial charge in [0.25, 0.3) is 0 Å². The molecule has 2 heterocycles. The van der Waals surface area contributed by atoms with Gasteiger partial charge >= 0.3 is 0 Å². The molecule has 0 unspecified atom stereocenters. The monoisotopic (exact) mass is 237 g/mol. The highest BCUT2D eigenvalue weighted by atomic mass is 35.5. The van der Waals surface area contributed by atoms with Crippen LogP contribution in [0.5, 0.6) is 0 Å². The summed E-state index contributed by atoms with van der Waals surface area (Å²) in [4.78, 5) is 11.1. The maximum absolute atomic E-state index is 5.67. The maximum atomic E-state index is 5.67. The van der Waals surface area contributed by atoms with Crippen molar-refractivity contribution in [2.24, 2.45) is 0 Å². The molecule has 0 spiro atoms. The first-order valence-electron chi connectivity index (χ1n) is 3.36. The number of pyridine rings is 1. The van der Waals surface area contributed by atoms with E-state index in [1.54, 1.807) is 6.07 Å². The Hall–Kier alpha value is -0.510. The lowest BCUT2D eigenvalue weighted by molar-refractivity contribution is 1.13. The van der Waals surface area contributed by atoms with E-state index in [1.165, 1.54) is 0 Å². The van der Waals surface area contributed by atoms with E-state index in [4.69, 9.17) is 23.2 Å². The molecule has 2 aromatic rings. The van der Waals surface area contributed by atoms with Gasteiger partial charge in [-0.05, 0) is 12.1 Å². The average molecular weight is 239 g/mol. The van der Waals surface area contributed by atoms with Gasteiger partial charge in [-0.25, -0.2) is 9.97 Å². The van der Waals surface area contributed by atoms with Gasteiger partial charge in [-0.3, -0.25) is 0 Å². The Labute approximate surface area is 90.9 Å². The molecule has 0 bridgehead atoms. The van der Waals surface area contributed by atoms with Gasteiger partial charge < -0.3 is 4.98 Å². The molecule has 6 heteroatoms. The molecule has 0 aliphatic rings. The summed E-state index contributed by atoms with van der Waals surface area (Å²) in [7, 11) is 0. The number of hydrogen-bond donors (Lipinski definition) is 1. The third-order valence-corrected chi connectivity index (χ3v) is 1.95. The number of aromatic amines is 1. The van der Waals surface area contributed by atoms with Crippen molar-refractivity contribution in [3.8, 4) is 0 Å². The van der Waals surface area contributed by atoms with Gasteiger partial charge in [0.05, 0.1) is 11.4 Å². The Morgan fingerprint density at radius 2 is 2.08 bits per heavy atom. The second-order valence-electron chi connectivity index (χ2n) is 2.32. The van der Waals surface area contributed by atoms with Crippen molar-refractivity contribution in [1.29, 1.82) is 0 Å². The average Bonchev–Trinajstić information content (AvgIpc) is 2.46. The van der Waals surface area contributed by atoms with Crippen LogP contribution in [0.4, 0.5) is 0 Å². The first kappa shape index (κ1) is 10.6. The normalized spacial score (nSPS) is 10.0. The molecule has 2 aromatic heterocycles. The summed E-state index contributed by atoms with van der Waals surface area (Å²) < 4.78 is 0. The zero-order valence-electron chi connectivity index (χ0n) is 6.42. The molecule has 3 nitrogen and oxygen atoms in total. The molecule has 0 atom stereocenters. The van der Waals surface area contributed by atoms with Crippen LogP contribution in [0.25, 0.3) is 11.2 Å². The predicted octanol–water partition coefficient (Wildman–Crippen LogP) is 2.77. The molecule has 0 amide bonds. The predicted molar refractivity (Wildman–Crippen MR) is 55.7 cm³/mol. The highest BCUT2D eigenvalue weighted by Crippen LogP contribution is 2.13. The van der Waals surface area contributed by atoms with Crippen LogP contribution in [0.15, 0.2) is 12.1 Å². The number of fused-ring (bicyclic) bond motifs is 1. The van der Waals surface area contributed by atoms with Gasteiger partial charge in [0.2, 0.25) is 0 Å². The first-order chi connectivity index (χ1) is 5.79. The third-order valence-electron chi connectivity index (χ3n) is 1.49. The Bertz CT molecular complexity index is 412. The second kappa shape index (κ2) is 4.13. The van der Waals surface area contributed by atoms with E-state index in [9.17, 15) is 0 Å². The Balaban J connectivity index is 0.000000845. The minimum Gasteiger partial charge on any atom is -0.340 e. The molecule has 0 aromatic carbocycles. The standard InChI is InChI=1S/C7H5Cl2N3.ClH/c8-3-6-10-4-1-2-5(9)11-7(4)12-6;/h1-2H,3H2,(H,10,11,12);1H. The second-order valence-corrected chi connectivity index (χ2v) is 2.98. The number of rotatable bonds is 1. The van der Waals surface area contributed by atoms with E-state index in [2.05, 4.69) is 15.0 Å². The number of nitrogens with one attached hydrogen (secondary N) is 1. The van der Waals surface area contributed by atoms with Gasteiger partial charge in [-0.15, -0.1) is 24.0 Å². The van der Waals surface area contributed by atoms with E-state index in [-0.39, 0.29) is 12.4 Å². The van der Waals surface area contributed by atoms with Crippen LogP contribution in [-0.2, 0) is 5.88 Å². The number of H-pyrrole nitrogens is 1. The number of imidazole rings is 1. The van der Waals surface area contributed by atoms with Gasteiger partial charge in [0, 0.05) is 0 Å². The number of aromatic nitrogens is 3. The molecule has 13 heavy (non-hydrogen) atoms. The van der Waals surface area contributed by atoms with E-state index in [1.807, 2.05) is 6.07 Å². The quantitative estimate of drug-likeness (QED) is 0.613.